The van der Waals surface area contributed by atoms with Crippen molar-refractivity contribution in [3.8, 4) is 11.1 Å². The third kappa shape index (κ3) is 6.57. The maximum absolute atomic E-state index is 13.9. The molecular formula is C31H38N2O6. The van der Waals surface area contributed by atoms with E-state index in [1.54, 1.807) is 32.9 Å². The Hall–Kier alpha value is -3.91. The van der Waals surface area contributed by atoms with Crippen molar-refractivity contribution in [2.45, 2.75) is 51.3 Å². The van der Waals surface area contributed by atoms with E-state index in [-0.39, 0.29) is 19.6 Å². The van der Waals surface area contributed by atoms with Crippen LogP contribution in [0.3, 0.4) is 0 Å². The number of rotatable bonds is 10. The van der Waals surface area contributed by atoms with Crippen LogP contribution in [0.4, 0.5) is 4.79 Å². The predicted octanol–water partition coefficient (Wildman–Crippen LogP) is 5.24. The number of carboxylic acid groups (broad SMARTS) is 1. The van der Waals surface area contributed by atoms with Gasteiger partial charge in [0.25, 0.3) is 0 Å². The van der Waals surface area contributed by atoms with Gasteiger partial charge in [-0.25, -0.2) is 9.59 Å². The zero-order valence-electron chi connectivity index (χ0n) is 23.1. The van der Waals surface area contributed by atoms with E-state index in [0.29, 0.717) is 6.42 Å². The van der Waals surface area contributed by atoms with Crippen LogP contribution in [0.1, 0.15) is 44.7 Å². The summed E-state index contributed by atoms with van der Waals surface area (Å²) in [5.41, 5.74) is 1.82. The van der Waals surface area contributed by atoms with Crippen LogP contribution in [0, 0.1) is 5.41 Å². The first-order valence-corrected chi connectivity index (χ1v) is 12.9. The van der Waals surface area contributed by atoms with E-state index >= 15 is 0 Å². The molecular weight excluding hydrogens is 496 g/mol. The first-order valence-electron chi connectivity index (χ1n) is 12.9. The number of carboxylic acids is 1. The summed E-state index contributed by atoms with van der Waals surface area (Å²) in [5.74, 6) is -1.66. The first kappa shape index (κ1) is 29.6. The molecule has 2 amide bonds. The van der Waals surface area contributed by atoms with Crippen molar-refractivity contribution in [3.63, 3.8) is 0 Å². The van der Waals surface area contributed by atoms with Gasteiger partial charge in [0.05, 0.1) is 13.2 Å². The lowest BCUT2D eigenvalue weighted by Gasteiger charge is -2.35. The second kappa shape index (κ2) is 12.3. The lowest BCUT2D eigenvalue weighted by Crippen LogP contribution is -2.57. The number of carbonyl (C=O) groups excluding carboxylic acids is 2. The topological polar surface area (TPSA) is 105 Å². The number of hydrogen-bond acceptors (Lipinski definition) is 5. The van der Waals surface area contributed by atoms with Crippen molar-refractivity contribution in [2.24, 2.45) is 5.41 Å². The van der Waals surface area contributed by atoms with E-state index < -0.39 is 41.1 Å². The van der Waals surface area contributed by atoms with E-state index in [4.69, 9.17) is 9.47 Å². The van der Waals surface area contributed by atoms with Gasteiger partial charge in [-0.2, -0.15) is 0 Å². The number of likely N-dealkylation sites (tertiary alicyclic amines) is 1. The minimum Gasteiger partial charge on any atom is -0.480 e. The largest absolute Gasteiger partial charge is 0.480 e. The highest BCUT2D eigenvalue weighted by Gasteiger charge is 2.52. The SMILES string of the molecule is C=CCCOC(=O)N[C@H](C(=O)N1CC(OC)(c2ccc(-c3ccccc3)c(C=C)c2)CC1C(=O)O)C(C)(C)C. The number of benzene rings is 2. The van der Waals surface area contributed by atoms with Gasteiger partial charge < -0.3 is 24.8 Å². The molecule has 1 fully saturated rings. The Morgan fingerprint density at radius 2 is 1.87 bits per heavy atom. The molecule has 2 aromatic carbocycles. The molecule has 0 bridgehead atoms. The Bertz CT molecular complexity index is 1220. The second-order valence-corrected chi connectivity index (χ2v) is 10.8. The molecule has 1 saturated heterocycles. The van der Waals surface area contributed by atoms with E-state index in [1.807, 2.05) is 48.5 Å². The summed E-state index contributed by atoms with van der Waals surface area (Å²) >= 11 is 0. The maximum atomic E-state index is 13.9. The Labute approximate surface area is 230 Å². The second-order valence-electron chi connectivity index (χ2n) is 10.8. The third-order valence-corrected chi connectivity index (χ3v) is 7.10. The number of nitrogens with zero attached hydrogens (tertiary/aromatic N) is 1. The van der Waals surface area contributed by atoms with Gasteiger partial charge in [-0.1, -0.05) is 82.0 Å². The molecule has 1 aliphatic rings. The lowest BCUT2D eigenvalue weighted by molar-refractivity contribution is -0.150. The highest BCUT2D eigenvalue weighted by Crippen LogP contribution is 2.42. The molecule has 0 saturated carbocycles. The van der Waals surface area contributed by atoms with Crippen LogP contribution in [0.15, 0.2) is 67.8 Å². The van der Waals surface area contributed by atoms with Gasteiger partial charge in [-0.3, -0.25) is 4.79 Å². The number of amides is 2. The molecule has 8 heteroatoms. The molecule has 1 aliphatic heterocycles. The van der Waals surface area contributed by atoms with Crippen molar-refractivity contribution in [1.29, 1.82) is 0 Å². The number of carbonyl (C=O) groups is 3. The van der Waals surface area contributed by atoms with Crippen molar-refractivity contribution >= 4 is 24.0 Å². The van der Waals surface area contributed by atoms with Crippen molar-refractivity contribution in [3.05, 3.63) is 78.9 Å². The Morgan fingerprint density at radius 1 is 1.18 bits per heavy atom. The maximum Gasteiger partial charge on any atom is 0.407 e. The third-order valence-electron chi connectivity index (χ3n) is 7.10. The highest BCUT2D eigenvalue weighted by atomic mass is 16.5. The minimum atomic E-state index is -1.15. The Balaban J connectivity index is 1.96. The van der Waals surface area contributed by atoms with Gasteiger partial charge in [0.2, 0.25) is 5.91 Å². The zero-order chi connectivity index (χ0) is 28.8. The molecule has 1 heterocycles. The highest BCUT2D eigenvalue weighted by molar-refractivity contribution is 5.91. The van der Waals surface area contributed by atoms with Gasteiger partial charge >= 0.3 is 12.1 Å². The van der Waals surface area contributed by atoms with E-state index in [0.717, 1.165) is 22.3 Å². The first-order chi connectivity index (χ1) is 18.5. The average molecular weight is 535 g/mol. The van der Waals surface area contributed by atoms with Gasteiger partial charge in [0.1, 0.15) is 17.7 Å². The number of hydrogen-bond donors (Lipinski definition) is 2. The van der Waals surface area contributed by atoms with Gasteiger partial charge in [-0.15, -0.1) is 6.58 Å². The van der Waals surface area contributed by atoms with Crippen LogP contribution in [-0.4, -0.2) is 60.3 Å². The molecule has 39 heavy (non-hydrogen) atoms. The minimum absolute atomic E-state index is 0.000336. The number of nitrogens with one attached hydrogen (secondary N) is 1. The quantitative estimate of drug-likeness (QED) is 0.319. The van der Waals surface area contributed by atoms with Crippen molar-refractivity contribution in [1.82, 2.24) is 10.2 Å². The molecule has 0 aliphatic carbocycles. The summed E-state index contributed by atoms with van der Waals surface area (Å²) in [7, 11) is 1.52. The number of ether oxygens (including phenoxy) is 2. The Morgan fingerprint density at radius 3 is 2.44 bits per heavy atom. The zero-order valence-corrected chi connectivity index (χ0v) is 23.1. The fourth-order valence-corrected chi connectivity index (χ4v) is 4.90. The van der Waals surface area contributed by atoms with E-state index in [9.17, 15) is 19.5 Å². The van der Waals surface area contributed by atoms with Crippen LogP contribution in [-0.2, 0) is 24.7 Å². The van der Waals surface area contributed by atoms with Crippen molar-refractivity contribution in [2.75, 3.05) is 20.3 Å². The lowest BCUT2D eigenvalue weighted by atomic mass is 9.85. The van der Waals surface area contributed by atoms with Crippen LogP contribution in [0.25, 0.3) is 17.2 Å². The van der Waals surface area contributed by atoms with Gasteiger partial charge in [0.15, 0.2) is 0 Å². The molecule has 0 spiro atoms. The molecule has 2 unspecified atom stereocenters. The fourth-order valence-electron chi connectivity index (χ4n) is 4.90. The summed E-state index contributed by atoms with van der Waals surface area (Å²) < 4.78 is 11.1. The molecule has 208 valence electrons. The van der Waals surface area contributed by atoms with Crippen molar-refractivity contribution < 1.29 is 29.0 Å². The molecule has 3 rings (SSSR count). The summed E-state index contributed by atoms with van der Waals surface area (Å²) in [4.78, 5) is 40.0. The van der Waals surface area contributed by atoms with E-state index in [2.05, 4.69) is 18.5 Å². The molecule has 8 nitrogen and oxygen atoms in total. The molecule has 0 radical (unpaired) electrons. The Kier molecular flexibility index (Phi) is 9.35. The number of methoxy groups -OCH3 is 1. The van der Waals surface area contributed by atoms with Crippen LogP contribution < -0.4 is 5.32 Å². The van der Waals surface area contributed by atoms with Crippen LogP contribution >= 0.6 is 0 Å². The standard InChI is InChI=1S/C31H38N2O6/c1-7-9-17-39-29(37)32-26(30(3,4)5)27(34)33-20-31(38-6,19-25(33)28(35)36)23-15-16-24(21(8-2)18-23)22-13-11-10-12-14-22/h7-8,10-16,18,25-26H,1-2,9,17,19-20H2,3-6H3,(H,32,37)(H,35,36)/t25?,26-,31?/m1/s1. The number of alkyl carbamates (subject to hydrolysis) is 1. The summed E-state index contributed by atoms with van der Waals surface area (Å²) in [5, 5.41) is 12.8. The molecule has 3 atom stereocenters. The summed E-state index contributed by atoms with van der Waals surface area (Å²) in [6.45, 7) is 13.1. The predicted molar refractivity (Wildman–Crippen MR) is 151 cm³/mol. The normalized spacial score (nSPS) is 19.7. The fraction of sp³-hybridized carbons (Fsp3) is 0.387. The summed E-state index contributed by atoms with van der Waals surface area (Å²) in [6.07, 6.45) is 3.14. The van der Waals surface area contributed by atoms with Gasteiger partial charge in [-0.05, 0) is 40.2 Å². The monoisotopic (exact) mass is 534 g/mol. The summed E-state index contributed by atoms with van der Waals surface area (Å²) in [6, 6.07) is 13.5. The number of aliphatic carboxylic acids is 1. The van der Waals surface area contributed by atoms with E-state index in [1.165, 1.54) is 12.0 Å². The van der Waals surface area contributed by atoms with Crippen LogP contribution in [0.2, 0.25) is 0 Å². The molecule has 0 aromatic heterocycles. The molecule has 2 aromatic rings. The smallest absolute Gasteiger partial charge is 0.407 e. The molecule has 2 N–H and O–H groups in total. The van der Waals surface area contributed by atoms with Gasteiger partial charge in [0, 0.05) is 13.5 Å². The van der Waals surface area contributed by atoms with Crippen LogP contribution in [0.5, 0.6) is 0 Å². The average Bonchev–Trinajstić information content (AvgIpc) is 3.33.